The van der Waals surface area contributed by atoms with Gasteiger partial charge in [0.1, 0.15) is 0 Å². The molecule has 0 atom stereocenters. The van der Waals surface area contributed by atoms with E-state index in [1.807, 2.05) is 6.07 Å². The van der Waals surface area contributed by atoms with Gasteiger partial charge in [0.25, 0.3) is 0 Å². The Labute approximate surface area is 118 Å². The monoisotopic (exact) mass is 282 g/mol. The average molecular weight is 283 g/mol. The molecule has 0 aliphatic carbocycles. The van der Waals surface area contributed by atoms with Crippen LogP contribution < -0.4 is 14.8 Å². The summed E-state index contributed by atoms with van der Waals surface area (Å²) in [6.45, 7) is 5.79. The topological polar surface area (TPSA) is 33.7 Å². The van der Waals surface area contributed by atoms with Crippen molar-refractivity contribution in [3.8, 4) is 11.5 Å². The molecule has 4 nitrogen and oxygen atoms in total. The minimum absolute atomic E-state index is 0.697. The van der Waals surface area contributed by atoms with Crippen LogP contribution in [0.15, 0.2) is 6.07 Å². The lowest BCUT2D eigenvalue weighted by Crippen LogP contribution is -2.42. The van der Waals surface area contributed by atoms with Gasteiger partial charge in [-0.1, -0.05) is 11.6 Å². The van der Waals surface area contributed by atoms with Crippen LogP contribution in [0.2, 0.25) is 5.02 Å². The summed E-state index contributed by atoms with van der Waals surface area (Å²) < 4.78 is 11.0. The summed E-state index contributed by atoms with van der Waals surface area (Å²) in [5, 5.41) is 4.21. The number of nitrogens with one attached hydrogen (secondary N) is 1. The van der Waals surface area contributed by atoms with E-state index < -0.39 is 0 Å². The van der Waals surface area contributed by atoms with Crippen molar-refractivity contribution in [2.45, 2.75) is 13.0 Å². The molecule has 0 unspecified atom stereocenters. The van der Waals surface area contributed by atoms with Crippen molar-refractivity contribution >= 4 is 11.6 Å². The first-order valence-corrected chi connectivity index (χ1v) is 7.11. The maximum Gasteiger partial charge on any atom is 0.165 e. The summed E-state index contributed by atoms with van der Waals surface area (Å²) in [6.07, 6.45) is 0.875. The van der Waals surface area contributed by atoms with E-state index in [1.165, 1.54) is 0 Å². The Morgan fingerprint density at radius 1 is 1.42 bits per heavy atom. The lowest BCUT2D eigenvalue weighted by Gasteiger charge is -2.28. The molecule has 19 heavy (non-hydrogen) atoms. The fraction of sp³-hybridized carbons (Fsp3) is 0.571. The first kappa shape index (κ1) is 13.0. The largest absolute Gasteiger partial charge is 0.493 e. The molecular weight excluding hydrogens is 264 g/mol. The third-order valence-electron chi connectivity index (χ3n) is 3.77. The second-order valence-electron chi connectivity index (χ2n) is 4.98. The van der Waals surface area contributed by atoms with E-state index in [2.05, 4.69) is 10.2 Å². The quantitative estimate of drug-likeness (QED) is 0.915. The van der Waals surface area contributed by atoms with Gasteiger partial charge < -0.3 is 14.8 Å². The van der Waals surface area contributed by atoms with Crippen molar-refractivity contribution in [3.63, 3.8) is 0 Å². The van der Waals surface area contributed by atoms with Gasteiger partial charge in [0, 0.05) is 44.7 Å². The van der Waals surface area contributed by atoms with Crippen LogP contribution in [0.5, 0.6) is 11.5 Å². The standard InChI is InChI=1S/C14H19ClN2O2/c1-18-12-8-10(9-17-5-3-16-4-6-17)13(15)11-2-7-19-14(11)12/h8,16H,2-7,9H2,1H3. The minimum Gasteiger partial charge on any atom is -0.493 e. The van der Waals surface area contributed by atoms with Crippen molar-refractivity contribution < 1.29 is 9.47 Å². The lowest BCUT2D eigenvalue weighted by molar-refractivity contribution is 0.233. The van der Waals surface area contributed by atoms with Crippen molar-refractivity contribution in [1.82, 2.24) is 10.2 Å². The number of rotatable bonds is 3. The van der Waals surface area contributed by atoms with E-state index in [0.717, 1.165) is 66.8 Å². The molecule has 0 radical (unpaired) electrons. The van der Waals surface area contributed by atoms with Crippen molar-refractivity contribution in [2.24, 2.45) is 0 Å². The fourth-order valence-electron chi connectivity index (χ4n) is 2.74. The van der Waals surface area contributed by atoms with Gasteiger partial charge in [-0.2, -0.15) is 0 Å². The molecule has 2 aliphatic rings. The van der Waals surface area contributed by atoms with Crippen LogP contribution in [-0.4, -0.2) is 44.8 Å². The number of piperazine rings is 1. The number of hydrogen-bond donors (Lipinski definition) is 1. The predicted octanol–water partition coefficient (Wildman–Crippen LogP) is 1.69. The summed E-state index contributed by atoms with van der Waals surface area (Å²) in [6, 6.07) is 2.02. The molecule has 5 heteroatoms. The Balaban J connectivity index is 1.88. The lowest BCUT2D eigenvalue weighted by atomic mass is 10.1. The van der Waals surface area contributed by atoms with Gasteiger partial charge >= 0.3 is 0 Å². The number of fused-ring (bicyclic) bond motifs is 1. The molecule has 3 rings (SSSR count). The maximum atomic E-state index is 6.52. The molecule has 0 aromatic heterocycles. The SMILES string of the molecule is COc1cc(CN2CCNCC2)c(Cl)c2c1OCC2. The Kier molecular flexibility index (Phi) is 3.82. The summed E-state index contributed by atoms with van der Waals surface area (Å²) in [5.41, 5.74) is 2.25. The molecule has 1 saturated heterocycles. The zero-order chi connectivity index (χ0) is 13.2. The first-order chi connectivity index (χ1) is 9.29. The highest BCUT2D eigenvalue weighted by Gasteiger charge is 2.24. The van der Waals surface area contributed by atoms with Crippen LogP contribution in [0.3, 0.4) is 0 Å². The number of methoxy groups -OCH3 is 1. The number of nitrogens with zero attached hydrogens (tertiary/aromatic N) is 1. The second kappa shape index (κ2) is 5.57. The molecule has 1 N–H and O–H groups in total. The third-order valence-corrected chi connectivity index (χ3v) is 4.24. The van der Waals surface area contributed by atoms with Crippen molar-refractivity contribution in [3.05, 3.63) is 22.2 Å². The van der Waals surface area contributed by atoms with E-state index in [9.17, 15) is 0 Å². The average Bonchev–Trinajstić information content (AvgIpc) is 2.93. The third kappa shape index (κ3) is 2.53. The smallest absolute Gasteiger partial charge is 0.165 e. The Bertz CT molecular complexity index is 473. The number of benzene rings is 1. The molecule has 1 aromatic carbocycles. The minimum atomic E-state index is 0.697. The number of hydrogen-bond acceptors (Lipinski definition) is 4. The van der Waals surface area contributed by atoms with Crippen LogP contribution in [0.25, 0.3) is 0 Å². The van der Waals surface area contributed by atoms with Gasteiger partial charge in [0.15, 0.2) is 11.5 Å². The zero-order valence-electron chi connectivity index (χ0n) is 11.2. The van der Waals surface area contributed by atoms with Crippen LogP contribution in [0.1, 0.15) is 11.1 Å². The van der Waals surface area contributed by atoms with Crippen LogP contribution >= 0.6 is 11.6 Å². The molecule has 2 aliphatic heterocycles. The van der Waals surface area contributed by atoms with Gasteiger partial charge in [0.2, 0.25) is 0 Å². The summed E-state index contributed by atoms with van der Waals surface area (Å²) in [5.74, 6) is 1.64. The first-order valence-electron chi connectivity index (χ1n) is 6.73. The van der Waals surface area contributed by atoms with Crippen molar-refractivity contribution in [1.29, 1.82) is 0 Å². The highest BCUT2D eigenvalue weighted by Crippen LogP contribution is 2.42. The van der Waals surface area contributed by atoms with E-state index in [1.54, 1.807) is 7.11 Å². The second-order valence-corrected chi connectivity index (χ2v) is 5.36. The van der Waals surface area contributed by atoms with E-state index in [-0.39, 0.29) is 0 Å². The molecule has 0 spiro atoms. The van der Waals surface area contributed by atoms with E-state index in [0.29, 0.717) is 6.61 Å². The molecule has 0 saturated carbocycles. The summed E-state index contributed by atoms with van der Waals surface area (Å²) in [7, 11) is 1.68. The van der Waals surface area contributed by atoms with Gasteiger partial charge in [0.05, 0.1) is 18.7 Å². The Morgan fingerprint density at radius 2 is 2.21 bits per heavy atom. The van der Waals surface area contributed by atoms with Crippen LogP contribution in [-0.2, 0) is 13.0 Å². The Morgan fingerprint density at radius 3 is 2.95 bits per heavy atom. The van der Waals surface area contributed by atoms with Gasteiger partial charge in [-0.05, 0) is 11.6 Å². The molecule has 1 fully saturated rings. The molecule has 2 heterocycles. The maximum absolute atomic E-state index is 6.52. The van der Waals surface area contributed by atoms with Crippen LogP contribution in [0, 0.1) is 0 Å². The zero-order valence-corrected chi connectivity index (χ0v) is 11.9. The van der Waals surface area contributed by atoms with E-state index in [4.69, 9.17) is 21.1 Å². The fourth-order valence-corrected chi connectivity index (χ4v) is 3.04. The number of ether oxygens (including phenoxy) is 2. The normalized spacial score (nSPS) is 19.1. The summed E-state index contributed by atoms with van der Waals surface area (Å²) >= 11 is 6.52. The van der Waals surface area contributed by atoms with Crippen LogP contribution in [0.4, 0.5) is 0 Å². The van der Waals surface area contributed by atoms with E-state index >= 15 is 0 Å². The van der Waals surface area contributed by atoms with Gasteiger partial charge in [-0.15, -0.1) is 0 Å². The molecule has 104 valence electrons. The van der Waals surface area contributed by atoms with Gasteiger partial charge in [-0.25, -0.2) is 0 Å². The van der Waals surface area contributed by atoms with Crippen molar-refractivity contribution in [2.75, 3.05) is 39.9 Å². The highest BCUT2D eigenvalue weighted by atomic mass is 35.5. The molecule has 1 aromatic rings. The molecular formula is C14H19ClN2O2. The highest BCUT2D eigenvalue weighted by molar-refractivity contribution is 6.32. The summed E-state index contributed by atoms with van der Waals surface area (Å²) in [4.78, 5) is 2.42. The number of halogens is 1. The Hall–Kier alpha value is -0.970. The molecule has 0 amide bonds. The molecule has 0 bridgehead atoms. The van der Waals surface area contributed by atoms with Gasteiger partial charge in [-0.3, -0.25) is 4.90 Å². The predicted molar refractivity (Wildman–Crippen MR) is 75.3 cm³/mol.